The molecule has 0 aliphatic rings. The summed E-state index contributed by atoms with van der Waals surface area (Å²) >= 11 is 0. The summed E-state index contributed by atoms with van der Waals surface area (Å²) in [7, 11) is 0. The van der Waals surface area contributed by atoms with Crippen LogP contribution in [0.5, 0.6) is 0 Å². The molecule has 0 spiro atoms. The molecule has 0 N–H and O–H groups in total. The van der Waals surface area contributed by atoms with E-state index in [0.717, 1.165) is 5.69 Å². The summed E-state index contributed by atoms with van der Waals surface area (Å²) in [5, 5.41) is 0. The van der Waals surface area contributed by atoms with E-state index in [1.54, 1.807) is 12.2 Å². The third-order valence-corrected chi connectivity index (χ3v) is 1.42. The number of rotatable bonds is 2. The van der Waals surface area contributed by atoms with Crippen molar-refractivity contribution in [2.24, 2.45) is 4.99 Å². The Hall–Kier alpha value is -1.59. The van der Waals surface area contributed by atoms with Gasteiger partial charge in [0.15, 0.2) is 0 Å². The first-order valence-electron chi connectivity index (χ1n) is 3.80. The van der Waals surface area contributed by atoms with Gasteiger partial charge in [-0.1, -0.05) is 30.4 Å². The predicted molar refractivity (Wildman–Crippen MR) is 53.0 cm³/mol. The molecule has 0 atom stereocenters. The highest BCUT2D eigenvalue weighted by atomic mass is 14.7. The lowest BCUT2D eigenvalue weighted by molar-refractivity contribution is 1.44. The van der Waals surface area contributed by atoms with Crippen LogP contribution in [0.3, 0.4) is 0 Å². The fourth-order valence-corrected chi connectivity index (χ4v) is 0.784. The van der Waals surface area contributed by atoms with Crippen molar-refractivity contribution in [3.63, 3.8) is 0 Å². The number of hydrogen-bond donors (Lipinski definition) is 0. The molecule has 0 radical (unpaired) electrons. The molecule has 60 valence electrons. The molecule has 0 unspecified atom stereocenters. The van der Waals surface area contributed by atoms with Crippen LogP contribution in [-0.4, -0.2) is 5.87 Å². The minimum absolute atomic E-state index is 0.915. The van der Waals surface area contributed by atoms with Crippen LogP contribution in [0.4, 0.5) is 5.69 Å². The van der Waals surface area contributed by atoms with Gasteiger partial charge in [-0.05, 0) is 31.0 Å². The van der Waals surface area contributed by atoms with E-state index in [0.29, 0.717) is 0 Å². The first kappa shape index (κ1) is 8.51. The van der Waals surface area contributed by atoms with Gasteiger partial charge in [-0.2, -0.15) is 0 Å². The van der Waals surface area contributed by atoms with E-state index in [4.69, 9.17) is 0 Å². The first-order chi connectivity index (χ1) is 5.83. The van der Waals surface area contributed by atoms with Crippen LogP contribution in [0.2, 0.25) is 0 Å². The highest BCUT2D eigenvalue weighted by Crippen LogP contribution is 2.10. The van der Waals surface area contributed by atoms with Crippen molar-refractivity contribution in [2.75, 3.05) is 0 Å². The van der Waals surface area contributed by atoms with E-state index in [-0.39, 0.29) is 0 Å². The Kier molecular flexibility index (Phi) is 3.06. The zero-order valence-corrected chi connectivity index (χ0v) is 7.12. The van der Waals surface area contributed by atoms with Gasteiger partial charge in [0.25, 0.3) is 0 Å². The molecule has 0 saturated heterocycles. The van der Waals surface area contributed by atoms with Crippen molar-refractivity contribution >= 4 is 11.6 Å². The largest absolute Gasteiger partial charge is 0.206 e. The van der Waals surface area contributed by atoms with Gasteiger partial charge in [-0.25, -0.2) is 4.99 Å². The molecule has 0 aliphatic carbocycles. The molecule has 0 saturated carbocycles. The smallest absolute Gasteiger partial charge is 0.0729 e. The minimum Gasteiger partial charge on any atom is -0.206 e. The standard InChI is InChI=1S/C11H11N/c1-3-4-9-12-11-7-5-10(2)6-8-11/h3-8H,1H2,2H3. The van der Waals surface area contributed by atoms with Crippen LogP contribution < -0.4 is 0 Å². The van der Waals surface area contributed by atoms with Gasteiger partial charge in [0.05, 0.1) is 5.69 Å². The number of benzene rings is 1. The van der Waals surface area contributed by atoms with E-state index in [1.807, 2.05) is 31.2 Å². The second-order valence-corrected chi connectivity index (χ2v) is 2.48. The first-order valence-corrected chi connectivity index (χ1v) is 3.80. The quantitative estimate of drug-likeness (QED) is 0.462. The molecule has 1 heteroatoms. The fraction of sp³-hybridized carbons (Fsp3) is 0.0909. The maximum atomic E-state index is 4.06. The van der Waals surface area contributed by atoms with E-state index >= 15 is 0 Å². The maximum Gasteiger partial charge on any atom is 0.0729 e. The summed E-state index contributed by atoms with van der Waals surface area (Å²) in [4.78, 5) is 4.06. The van der Waals surface area contributed by atoms with Gasteiger partial charge in [0.2, 0.25) is 0 Å². The fourth-order valence-electron chi connectivity index (χ4n) is 0.784. The Labute approximate surface area is 72.8 Å². The molecule has 0 heterocycles. The van der Waals surface area contributed by atoms with Crippen LogP contribution in [-0.2, 0) is 0 Å². The molecular weight excluding hydrogens is 146 g/mol. The van der Waals surface area contributed by atoms with Crippen molar-refractivity contribution in [3.05, 3.63) is 48.6 Å². The number of nitrogens with zero attached hydrogens (tertiary/aromatic N) is 1. The zero-order valence-electron chi connectivity index (χ0n) is 7.12. The molecule has 12 heavy (non-hydrogen) atoms. The number of aliphatic imine (C=N–C) groups is 1. The second-order valence-electron chi connectivity index (χ2n) is 2.48. The lowest BCUT2D eigenvalue weighted by Crippen LogP contribution is -1.67. The summed E-state index contributed by atoms with van der Waals surface area (Å²) in [5.41, 5.74) is 2.15. The van der Waals surface area contributed by atoms with E-state index in [9.17, 15) is 0 Å². The SMILES string of the molecule is C=CC=C=Nc1ccc(C)cc1. The summed E-state index contributed by atoms with van der Waals surface area (Å²) in [6.45, 7) is 5.58. The maximum absolute atomic E-state index is 4.06. The van der Waals surface area contributed by atoms with Crippen molar-refractivity contribution < 1.29 is 0 Å². The molecule has 1 nitrogen and oxygen atoms in total. The molecule has 0 amide bonds. The van der Waals surface area contributed by atoms with E-state index in [2.05, 4.69) is 17.4 Å². The van der Waals surface area contributed by atoms with Crippen molar-refractivity contribution in [3.8, 4) is 0 Å². The molecular formula is C11H11N. The summed E-state index contributed by atoms with van der Waals surface area (Å²) in [6.07, 6.45) is 3.33. The average molecular weight is 157 g/mol. The molecule has 0 aliphatic heterocycles. The lowest BCUT2D eigenvalue weighted by atomic mass is 10.2. The normalized spacial score (nSPS) is 8.42. The molecule has 1 rings (SSSR count). The van der Waals surface area contributed by atoms with Crippen LogP contribution in [0.25, 0.3) is 0 Å². The Balaban J connectivity index is 2.84. The Morgan fingerprint density at radius 3 is 2.58 bits per heavy atom. The van der Waals surface area contributed by atoms with E-state index < -0.39 is 0 Å². The average Bonchev–Trinajstić information content (AvgIpc) is 2.09. The Morgan fingerprint density at radius 1 is 1.33 bits per heavy atom. The number of hydrogen-bond acceptors (Lipinski definition) is 1. The van der Waals surface area contributed by atoms with Gasteiger partial charge in [-0.3, -0.25) is 0 Å². The summed E-state index contributed by atoms with van der Waals surface area (Å²) in [5.74, 6) is 2.75. The van der Waals surface area contributed by atoms with Crippen LogP contribution in [0, 0.1) is 6.92 Å². The van der Waals surface area contributed by atoms with Gasteiger partial charge in [0.1, 0.15) is 0 Å². The van der Waals surface area contributed by atoms with Gasteiger partial charge in [0, 0.05) is 0 Å². The third kappa shape index (κ3) is 2.57. The van der Waals surface area contributed by atoms with Gasteiger partial charge >= 0.3 is 0 Å². The van der Waals surface area contributed by atoms with Crippen LogP contribution in [0.1, 0.15) is 5.56 Å². The molecule has 1 aromatic carbocycles. The number of aryl methyl sites for hydroxylation is 1. The molecule has 0 aromatic heterocycles. The monoisotopic (exact) mass is 157 g/mol. The minimum atomic E-state index is 0.915. The summed E-state index contributed by atoms with van der Waals surface area (Å²) in [6, 6.07) is 7.96. The second kappa shape index (κ2) is 4.32. The molecule has 0 bridgehead atoms. The van der Waals surface area contributed by atoms with Crippen LogP contribution >= 0.6 is 0 Å². The van der Waals surface area contributed by atoms with Crippen molar-refractivity contribution in [2.45, 2.75) is 6.92 Å². The summed E-state index contributed by atoms with van der Waals surface area (Å²) < 4.78 is 0. The Morgan fingerprint density at radius 2 is 2.00 bits per heavy atom. The van der Waals surface area contributed by atoms with Crippen LogP contribution in [0.15, 0.2) is 48.0 Å². The van der Waals surface area contributed by atoms with E-state index in [1.165, 1.54) is 5.56 Å². The predicted octanol–water partition coefficient (Wildman–Crippen LogP) is 3.04. The zero-order chi connectivity index (χ0) is 8.81. The van der Waals surface area contributed by atoms with Crippen molar-refractivity contribution in [1.82, 2.24) is 0 Å². The molecule has 0 fully saturated rings. The highest BCUT2D eigenvalue weighted by Gasteiger charge is 1.84. The highest BCUT2D eigenvalue weighted by molar-refractivity contribution is 5.60. The van der Waals surface area contributed by atoms with Gasteiger partial charge in [-0.15, -0.1) is 0 Å². The third-order valence-electron chi connectivity index (χ3n) is 1.42. The Bertz CT molecular complexity index is 313. The topological polar surface area (TPSA) is 12.4 Å². The van der Waals surface area contributed by atoms with Crippen molar-refractivity contribution in [1.29, 1.82) is 0 Å². The molecule has 1 aromatic rings. The lowest BCUT2D eigenvalue weighted by Gasteiger charge is -1.90. The van der Waals surface area contributed by atoms with Gasteiger partial charge < -0.3 is 0 Å². The number of allylic oxidation sites excluding steroid dienone is 2.